The third kappa shape index (κ3) is 38.5. The Kier molecular flexibility index (Phi) is 51.7. The van der Waals surface area contributed by atoms with Gasteiger partial charge in [0.05, 0.1) is 38.6 Å². The summed E-state index contributed by atoms with van der Waals surface area (Å²) in [4.78, 5) is 13.4. The van der Waals surface area contributed by atoms with Crippen molar-refractivity contribution in [1.82, 2.24) is 5.32 Å². The van der Waals surface area contributed by atoms with Crippen molar-refractivity contribution >= 4 is 5.91 Å². The van der Waals surface area contributed by atoms with Crippen molar-refractivity contribution in [3.05, 3.63) is 134 Å². The number of rotatable bonds is 55. The quantitative estimate of drug-likeness (QED) is 0.0199. The first-order chi connectivity index (χ1) is 47.3. The van der Waals surface area contributed by atoms with Gasteiger partial charge in [-0.3, -0.25) is 4.79 Å². The van der Waals surface area contributed by atoms with Crippen LogP contribution in [0.25, 0.3) is 0 Å². The highest BCUT2D eigenvalue weighted by atomic mass is 16.8. The van der Waals surface area contributed by atoms with E-state index in [2.05, 4.69) is 141 Å². The minimum atomic E-state index is -1.99. The van der Waals surface area contributed by atoms with Crippen molar-refractivity contribution in [3.63, 3.8) is 0 Å². The number of carbonyl (C=O) groups is 1. The Morgan fingerprint density at radius 2 is 0.722 bits per heavy atom. The van der Waals surface area contributed by atoms with Crippen LogP contribution in [0.4, 0.5) is 0 Å². The first-order valence-corrected chi connectivity index (χ1v) is 36.9. The molecule has 0 saturated carbocycles. The lowest BCUT2D eigenvalue weighted by atomic mass is 9.96. The molecule has 0 bridgehead atoms. The van der Waals surface area contributed by atoms with Crippen LogP contribution in [0.15, 0.2) is 134 Å². The summed E-state index contributed by atoms with van der Waals surface area (Å²) < 4.78 is 34.3. The van der Waals surface area contributed by atoms with E-state index in [1.807, 2.05) is 6.08 Å². The third-order valence-corrected chi connectivity index (χ3v) is 17.4. The smallest absolute Gasteiger partial charge is 0.220 e. The summed E-state index contributed by atoms with van der Waals surface area (Å²) in [5, 5.41) is 120. The largest absolute Gasteiger partial charge is 0.394 e. The standard InChI is InChI=1S/C78H129NO18/c1-3-5-7-9-11-13-15-17-19-20-21-22-23-24-25-26-27-28-29-30-31-32-33-34-35-36-37-38-39-40-42-44-46-48-50-52-54-56-66(84)79-61(62(83)55-53-51-49-47-45-43-41-18-16-14-12-10-8-6-4-2)60-92-76-72(90)69(87)74(64(58-81)94-76)97-78-73(91)70(88)75(65(59-82)95-78)96-77-71(89)68(86)67(85)63(57-80)93-77/h5,7,11,13,16-19,21-22,24-25,27-28,30-31,33-34,45,47,53,55,61-65,67-78,80-83,85-91H,3-4,6,8-10,12,14-15,20,23,26,29,32,35-44,46,48-52,54,56-60H2,1-2H3,(H,79,84)/b7-5-,13-11-,18-16+,19-17-,22-21-,25-24-,28-27-,31-30-,34-33-,47-45+,55-53+. The van der Waals surface area contributed by atoms with Crippen LogP contribution >= 0.6 is 0 Å². The molecule has 17 atom stereocenters. The summed E-state index contributed by atoms with van der Waals surface area (Å²) in [6.45, 7) is 1.55. The Morgan fingerprint density at radius 1 is 0.381 bits per heavy atom. The van der Waals surface area contributed by atoms with E-state index in [1.165, 1.54) is 77.0 Å². The topological polar surface area (TPSA) is 307 Å². The van der Waals surface area contributed by atoms with Crippen LogP contribution in [0.2, 0.25) is 0 Å². The maximum absolute atomic E-state index is 13.4. The summed E-state index contributed by atoms with van der Waals surface area (Å²) >= 11 is 0. The normalized spacial score (nSPS) is 27.7. The van der Waals surface area contributed by atoms with Crippen molar-refractivity contribution in [1.29, 1.82) is 0 Å². The van der Waals surface area contributed by atoms with E-state index in [0.717, 1.165) is 109 Å². The van der Waals surface area contributed by atoms with Gasteiger partial charge in [-0.2, -0.15) is 0 Å². The number of nitrogens with one attached hydrogen (secondary N) is 1. The molecule has 0 aliphatic carbocycles. The Balaban J connectivity index is 1.36. The average Bonchev–Trinajstić information content (AvgIpc) is 0.789. The summed E-state index contributed by atoms with van der Waals surface area (Å²) in [6, 6.07) is -1.01. The van der Waals surface area contributed by atoms with Gasteiger partial charge in [0.25, 0.3) is 0 Å². The number of hydrogen-bond donors (Lipinski definition) is 12. The molecule has 0 aromatic rings. The maximum atomic E-state index is 13.4. The number of hydrogen-bond acceptors (Lipinski definition) is 18. The minimum Gasteiger partial charge on any atom is -0.394 e. The van der Waals surface area contributed by atoms with E-state index in [1.54, 1.807) is 6.08 Å². The summed E-state index contributed by atoms with van der Waals surface area (Å²) in [5.41, 5.74) is 0. The van der Waals surface area contributed by atoms with Crippen molar-refractivity contribution < 1.29 is 89.4 Å². The second-order valence-corrected chi connectivity index (χ2v) is 25.6. The molecule has 3 fully saturated rings. The van der Waals surface area contributed by atoms with Crippen LogP contribution < -0.4 is 5.32 Å². The summed E-state index contributed by atoms with van der Waals surface area (Å²) in [5.74, 6) is -0.298. The Morgan fingerprint density at radius 3 is 1.15 bits per heavy atom. The third-order valence-electron chi connectivity index (χ3n) is 17.4. The highest BCUT2D eigenvalue weighted by Gasteiger charge is 2.53. The molecule has 0 aromatic carbocycles. The molecule has 3 saturated heterocycles. The van der Waals surface area contributed by atoms with Gasteiger partial charge in [0.15, 0.2) is 18.9 Å². The van der Waals surface area contributed by atoms with Gasteiger partial charge < -0.3 is 89.9 Å². The molecule has 1 amide bonds. The van der Waals surface area contributed by atoms with Crippen molar-refractivity contribution in [2.45, 2.75) is 324 Å². The number of aliphatic hydroxyl groups is 11. The number of allylic oxidation sites excluding steroid dienone is 21. The molecule has 0 aromatic heterocycles. The molecule has 3 rings (SSSR count). The number of aliphatic hydroxyl groups excluding tert-OH is 11. The first-order valence-electron chi connectivity index (χ1n) is 36.9. The van der Waals surface area contributed by atoms with Crippen LogP contribution in [0.1, 0.15) is 219 Å². The molecule has 19 heteroatoms. The second-order valence-electron chi connectivity index (χ2n) is 25.6. The van der Waals surface area contributed by atoms with E-state index < -0.39 is 124 Å². The van der Waals surface area contributed by atoms with Gasteiger partial charge in [-0.1, -0.05) is 237 Å². The zero-order valence-electron chi connectivity index (χ0n) is 58.7. The SMILES string of the molecule is CC/C=C\C/C=C\C/C=C\C/C=C\C/C=C\C/C=C\C/C=C\C/C=C\CCCCCCCCCCCCCCC(=O)NC(COC1OC(CO)C(OC2OC(CO)C(OC3OC(CO)C(O)C(O)C3O)C(O)C2O)C(O)C1O)C(O)/C=C/CC/C=C/CC/C=C/CCCCCCC. The predicted octanol–water partition coefficient (Wildman–Crippen LogP) is 10.9. The zero-order chi connectivity index (χ0) is 70.4. The van der Waals surface area contributed by atoms with Crippen molar-refractivity contribution in [2.24, 2.45) is 0 Å². The van der Waals surface area contributed by atoms with Crippen LogP contribution in [0, 0.1) is 0 Å². The van der Waals surface area contributed by atoms with E-state index in [0.29, 0.717) is 12.8 Å². The van der Waals surface area contributed by atoms with Gasteiger partial charge in [-0.15, -0.1) is 0 Å². The predicted molar refractivity (Wildman–Crippen MR) is 383 cm³/mol. The Hall–Kier alpha value is -4.07. The van der Waals surface area contributed by atoms with Crippen molar-refractivity contribution in [3.8, 4) is 0 Å². The number of ether oxygens (including phenoxy) is 6. The average molecular weight is 1370 g/mol. The van der Waals surface area contributed by atoms with E-state index >= 15 is 0 Å². The molecule has 12 N–H and O–H groups in total. The fourth-order valence-electron chi connectivity index (χ4n) is 11.5. The lowest BCUT2D eigenvalue weighted by Crippen LogP contribution is -2.66. The van der Waals surface area contributed by atoms with Gasteiger partial charge in [0, 0.05) is 6.42 Å². The lowest BCUT2D eigenvalue weighted by Gasteiger charge is -2.48. The molecule has 0 radical (unpaired) electrons. The van der Waals surface area contributed by atoms with Crippen LogP contribution in [-0.2, 0) is 33.2 Å². The zero-order valence-corrected chi connectivity index (χ0v) is 58.7. The molecular formula is C78H129NO18. The Bertz CT molecular complexity index is 2280. The van der Waals surface area contributed by atoms with Gasteiger partial charge in [-0.05, 0) is 109 Å². The monoisotopic (exact) mass is 1370 g/mol. The molecular weight excluding hydrogens is 1240 g/mol. The van der Waals surface area contributed by atoms with Crippen LogP contribution in [0.5, 0.6) is 0 Å². The molecule has 17 unspecified atom stereocenters. The van der Waals surface area contributed by atoms with Gasteiger partial charge in [-0.25, -0.2) is 0 Å². The summed E-state index contributed by atoms with van der Waals surface area (Å²) in [7, 11) is 0. The molecule has 19 nitrogen and oxygen atoms in total. The lowest BCUT2D eigenvalue weighted by molar-refractivity contribution is -0.379. The maximum Gasteiger partial charge on any atom is 0.220 e. The van der Waals surface area contributed by atoms with Gasteiger partial charge in [0.2, 0.25) is 5.91 Å². The summed E-state index contributed by atoms with van der Waals surface area (Å²) in [6.07, 6.45) is 54.4. The minimum absolute atomic E-state index is 0.221. The van der Waals surface area contributed by atoms with Gasteiger partial charge >= 0.3 is 0 Å². The van der Waals surface area contributed by atoms with E-state index in [9.17, 15) is 61.0 Å². The highest BCUT2D eigenvalue weighted by Crippen LogP contribution is 2.33. The molecule has 97 heavy (non-hydrogen) atoms. The fourth-order valence-corrected chi connectivity index (χ4v) is 11.5. The van der Waals surface area contributed by atoms with Crippen LogP contribution in [-0.4, -0.2) is 193 Å². The molecule has 3 heterocycles. The molecule has 554 valence electrons. The Labute approximate surface area is 581 Å². The van der Waals surface area contributed by atoms with Gasteiger partial charge in [0.1, 0.15) is 73.2 Å². The number of unbranched alkanes of at least 4 members (excludes halogenated alkanes) is 19. The number of amides is 1. The number of carbonyl (C=O) groups excluding carboxylic acids is 1. The molecule has 3 aliphatic rings. The fraction of sp³-hybridized carbons (Fsp3) is 0.705. The highest BCUT2D eigenvalue weighted by molar-refractivity contribution is 5.76. The first kappa shape index (κ1) is 87.1. The molecule has 3 aliphatic heterocycles. The van der Waals surface area contributed by atoms with E-state index in [-0.39, 0.29) is 18.9 Å². The van der Waals surface area contributed by atoms with E-state index in [4.69, 9.17) is 28.4 Å². The second kappa shape index (κ2) is 57.5. The molecule has 0 spiro atoms. The van der Waals surface area contributed by atoms with Crippen LogP contribution in [0.3, 0.4) is 0 Å². The van der Waals surface area contributed by atoms with Crippen molar-refractivity contribution in [2.75, 3.05) is 26.4 Å².